The van der Waals surface area contributed by atoms with Crippen molar-refractivity contribution in [2.45, 2.75) is 52.5 Å². The van der Waals surface area contributed by atoms with Gasteiger partial charge in [-0.1, -0.05) is 43.5 Å². The molecule has 0 saturated carbocycles. The maximum atomic E-state index is 5.83. The Morgan fingerprint density at radius 2 is 1.86 bits per heavy atom. The molecule has 0 bridgehead atoms. The fourth-order valence-corrected chi connectivity index (χ4v) is 3.47. The van der Waals surface area contributed by atoms with E-state index in [1.165, 1.54) is 28.2 Å². The van der Waals surface area contributed by atoms with Crippen LogP contribution in [-0.4, -0.2) is 9.59 Å². The molecule has 1 heterocycles. The van der Waals surface area contributed by atoms with E-state index in [0.717, 1.165) is 17.0 Å². The van der Waals surface area contributed by atoms with Crippen molar-refractivity contribution in [2.75, 3.05) is 0 Å². The molecule has 4 nitrogen and oxygen atoms in total. The highest BCUT2D eigenvalue weighted by Gasteiger charge is 2.27. The van der Waals surface area contributed by atoms with Gasteiger partial charge in [-0.2, -0.15) is 0 Å². The number of aryl methyl sites for hydroxylation is 2. The smallest absolute Gasteiger partial charge is 0.0857 e. The summed E-state index contributed by atoms with van der Waals surface area (Å²) in [5.74, 6) is 5.83. The highest BCUT2D eigenvalue weighted by Crippen LogP contribution is 2.32. The van der Waals surface area contributed by atoms with Crippen molar-refractivity contribution in [3.8, 4) is 0 Å². The summed E-state index contributed by atoms with van der Waals surface area (Å²) in [5.41, 5.74) is 7.88. The van der Waals surface area contributed by atoms with E-state index in [-0.39, 0.29) is 11.5 Å². The van der Waals surface area contributed by atoms with Crippen LogP contribution in [-0.2, 0) is 11.8 Å². The summed E-state index contributed by atoms with van der Waals surface area (Å²) in [4.78, 5) is 1.13. The van der Waals surface area contributed by atoms with Gasteiger partial charge in [0.1, 0.15) is 0 Å². The van der Waals surface area contributed by atoms with Crippen LogP contribution in [0, 0.1) is 13.8 Å². The van der Waals surface area contributed by atoms with Gasteiger partial charge in [0.25, 0.3) is 0 Å². The molecule has 1 aromatic carbocycles. The van der Waals surface area contributed by atoms with Gasteiger partial charge < -0.3 is 0 Å². The van der Waals surface area contributed by atoms with Crippen molar-refractivity contribution in [1.82, 2.24) is 15.0 Å². The molecule has 1 unspecified atom stereocenters. The second-order valence-electron chi connectivity index (χ2n) is 6.53. The summed E-state index contributed by atoms with van der Waals surface area (Å²) in [5, 5.41) is 4.32. The molecule has 0 saturated heterocycles. The van der Waals surface area contributed by atoms with Gasteiger partial charge in [-0.3, -0.25) is 11.3 Å². The molecular formula is C16H24N4S. The zero-order valence-electron chi connectivity index (χ0n) is 13.4. The van der Waals surface area contributed by atoms with Gasteiger partial charge in [-0.05, 0) is 48.5 Å². The fourth-order valence-electron chi connectivity index (χ4n) is 2.55. The lowest BCUT2D eigenvalue weighted by Crippen LogP contribution is -2.31. The average Bonchev–Trinajstić information content (AvgIpc) is 2.87. The van der Waals surface area contributed by atoms with Gasteiger partial charge >= 0.3 is 0 Å². The van der Waals surface area contributed by atoms with Crippen molar-refractivity contribution < 1.29 is 0 Å². The number of nitrogens with two attached hydrogens (primary N) is 1. The molecule has 0 fully saturated rings. The Balaban J connectivity index is 2.36. The summed E-state index contributed by atoms with van der Waals surface area (Å²) in [6.07, 6.45) is 0.849. The van der Waals surface area contributed by atoms with E-state index in [0.29, 0.717) is 0 Å². The first kappa shape index (κ1) is 16.1. The summed E-state index contributed by atoms with van der Waals surface area (Å²) in [6, 6.07) is 6.42. The van der Waals surface area contributed by atoms with Crippen LogP contribution in [0.4, 0.5) is 0 Å². The van der Waals surface area contributed by atoms with Gasteiger partial charge in [0, 0.05) is 5.41 Å². The number of hydrogen-bond donors (Lipinski definition) is 2. The number of aromatic nitrogens is 2. The fraction of sp³-hybridized carbons (Fsp3) is 0.500. The van der Waals surface area contributed by atoms with Crippen LogP contribution in [0.1, 0.15) is 54.1 Å². The van der Waals surface area contributed by atoms with E-state index >= 15 is 0 Å². The number of hydrogen-bond acceptors (Lipinski definition) is 5. The van der Waals surface area contributed by atoms with E-state index in [2.05, 4.69) is 67.8 Å². The van der Waals surface area contributed by atoms with E-state index in [4.69, 9.17) is 5.84 Å². The molecule has 0 amide bonds. The van der Waals surface area contributed by atoms with Crippen LogP contribution in [0.3, 0.4) is 0 Å². The minimum absolute atomic E-state index is 0.0296. The molecule has 21 heavy (non-hydrogen) atoms. The minimum atomic E-state index is -0.0296. The molecule has 1 atom stereocenters. The van der Waals surface area contributed by atoms with Crippen molar-refractivity contribution in [1.29, 1.82) is 0 Å². The number of benzene rings is 1. The van der Waals surface area contributed by atoms with Crippen molar-refractivity contribution in [3.63, 3.8) is 0 Å². The summed E-state index contributed by atoms with van der Waals surface area (Å²) in [6.45, 7) is 10.7. The SMILES string of the molecule is Cc1cccc(C)c1CC(NN)c1snnc1C(C)(C)C. The largest absolute Gasteiger partial charge is 0.271 e. The number of rotatable bonds is 4. The van der Waals surface area contributed by atoms with Gasteiger partial charge in [0.2, 0.25) is 0 Å². The third kappa shape index (κ3) is 3.48. The van der Waals surface area contributed by atoms with Gasteiger partial charge in [-0.25, -0.2) is 0 Å². The minimum Gasteiger partial charge on any atom is -0.271 e. The molecule has 0 aliphatic heterocycles. The maximum Gasteiger partial charge on any atom is 0.0857 e. The molecule has 3 N–H and O–H groups in total. The Morgan fingerprint density at radius 1 is 1.24 bits per heavy atom. The molecule has 2 aromatic rings. The lowest BCUT2D eigenvalue weighted by Gasteiger charge is -2.22. The molecule has 5 heteroatoms. The first-order valence-electron chi connectivity index (χ1n) is 7.18. The Morgan fingerprint density at radius 3 is 2.38 bits per heavy atom. The van der Waals surface area contributed by atoms with Gasteiger partial charge in [-0.15, -0.1) is 5.10 Å². The van der Waals surface area contributed by atoms with Gasteiger partial charge in [0.15, 0.2) is 0 Å². The zero-order valence-corrected chi connectivity index (χ0v) is 14.2. The highest BCUT2D eigenvalue weighted by molar-refractivity contribution is 7.05. The van der Waals surface area contributed by atoms with E-state index in [1.54, 1.807) is 0 Å². The van der Waals surface area contributed by atoms with Crippen LogP contribution in [0.2, 0.25) is 0 Å². The molecular weight excluding hydrogens is 280 g/mol. The van der Waals surface area contributed by atoms with Crippen LogP contribution >= 0.6 is 11.5 Å². The van der Waals surface area contributed by atoms with Crippen LogP contribution in [0.15, 0.2) is 18.2 Å². The third-order valence-corrected chi connectivity index (χ3v) is 4.63. The molecule has 0 spiro atoms. The molecule has 0 aliphatic carbocycles. The zero-order chi connectivity index (χ0) is 15.6. The normalized spacial score (nSPS) is 13.4. The first-order valence-corrected chi connectivity index (χ1v) is 7.96. The summed E-state index contributed by atoms with van der Waals surface area (Å²) >= 11 is 1.44. The summed E-state index contributed by atoms with van der Waals surface area (Å²) < 4.78 is 4.14. The van der Waals surface area contributed by atoms with Crippen molar-refractivity contribution >= 4 is 11.5 Å². The Hall–Kier alpha value is -1.30. The number of nitrogens with zero attached hydrogens (tertiary/aromatic N) is 2. The lowest BCUT2D eigenvalue weighted by atomic mass is 9.88. The average molecular weight is 304 g/mol. The standard InChI is InChI=1S/C16H24N4S/c1-10-7-6-8-11(2)12(10)9-13(18-17)14-15(16(3,4)5)19-20-21-14/h6-8,13,18H,9,17H2,1-5H3. The first-order chi connectivity index (χ1) is 9.84. The molecule has 0 radical (unpaired) electrons. The monoisotopic (exact) mass is 304 g/mol. The van der Waals surface area contributed by atoms with Crippen molar-refractivity contribution in [3.05, 3.63) is 45.5 Å². The molecule has 2 rings (SSSR count). The second-order valence-corrected chi connectivity index (χ2v) is 7.32. The maximum absolute atomic E-state index is 5.83. The van der Waals surface area contributed by atoms with E-state index in [1.807, 2.05) is 0 Å². The lowest BCUT2D eigenvalue weighted by molar-refractivity contribution is 0.514. The Labute approximate surface area is 130 Å². The van der Waals surface area contributed by atoms with Crippen LogP contribution in [0.25, 0.3) is 0 Å². The summed E-state index contributed by atoms with van der Waals surface area (Å²) in [7, 11) is 0. The number of nitrogens with one attached hydrogen (secondary N) is 1. The molecule has 1 aromatic heterocycles. The Kier molecular flexibility index (Phi) is 4.76. The predicted molar refractivity (Wildman–Crippen MR) is 88.3 cm³/mol. The van der Waals surface area contributed by atoms with E-state index < -0.39 is 0 Å². The van der Waals surface area contributed by atoms with Gasteiger partial charge in [0.05, 0.1) is 16.6 Å². The van der Waals surface area contributed by atoms with Crippen LogP contribution in [0.5, 0.6) is 0 Å². The molecule has 0 aliphatic rings. The quantitative estimate of drug-likeness (QED) is 0.672. The molecule has 114 valence electrons. The topological polar surface area (TPSA) is 63.8 Å². The second kappa shape index (κ2) is 6.22. The highest BCUT2D eigenvalue weighted by atomic mass is 32.1. The van der Waals surface area contributed by atoms with E-state index in [9.17, 15) is 0 Å². The Bertz CT molecular complexity index is 593. The predicted octanol–water partition coefficient (Wildman–Crippen LogP) is 3.20. The third-order valence-electron chi connectivity index (χ3n) is 3.79. The van der Waals surface area contributed by atoms with Crippen molar-refractivity contribution in [2.24, 2.45) is 5.84 Å². The number of hydrazine groups is 1. The van der Waals surface area contributed by atoms with Crippen LogP contribution < -0.4 is 11.3 Å².